The molecule has 2 aromatic heterocycles. The number of halogens is 6. The smallest absolute Gasteiger partial charge is 0.374 e. The normalized spacial score (nSPS) is 25.3. The lowest BCUT2D eigenvalue weighted by Crippen LogP contribution is -2.43. The van der Waals surface area contributed by atoms with E-state index in [1.54, 1.807) is 26.5 Å². The Balaban J connectivity index is 0.000000182. The molecular formula is C50H54F6N8O8S2. The molecule has 24 heteroatoms. The molecule has 6 aliphatic carbocycles. The Morgan fingerprint density at radius 2 is 0.986 bits per heavy atom. The molecule has 6 atom stereocenters. The third-order valence-corrected chi connectivity index (χ3v) is 19.7. The van der Waals surface area contributed by atoms with Crippen molar-refractivity contribution in [1.82, 2.24) is 30.2 Å². The minimum Gasteiger partial charge on any atom is -0.374 e. The van der Waals surface area contributed by atoms with Crippen LogP contribution >= 0.6 is 0 Å². The molecule has 2 N–H and O–H groups in total. The molecule has 6 aliphatic rings. The largest absolute Gasteiger partial charge is 0.417 e. The molecule has 0 saturated heterocycles. The molecular weight excluding hydrogens is 1020 g/mol. The summed E-state index contributed by atoms with van der Waals surface area (Å²) < 4.78 is 154. The first kappa shape index (κ1) is 53.0. The van der Waals surface area contributed by atoms with E-state index < -0.39 is 110 Å². The number of benzene rings is 2. The number of alkyl halides is 6. The van der Waals surface area contributed by atoms with Crippen molar-refractivity contribution >= 4 is 31.5 Å². The van der Waals surface area contributed by atoms with E-state index in [0.717, 1.165) is 62.8 Å². The minimum atomic E-state index is -4.91. The molecule has 6 saturated carbocycles. The second kappa shape index (κ2) is 19.7. The monoisotopic (exact) mass is 1070 g/mol. The van der Waals surface area contributed by atoms with Gasteiger partial charge in [-0.3, -0.25) is 19.0 Å². The number of nitriles is 2. The molecule has 0 radical (unpaired) electrons. The Labute approximate surface area is 423 Å². The Morgan fingerprint density at radius 1 is 0.622 bits per heavy atom. The van der Waals surface area contributed by atoms with Crippen LogP contribution in [-0.2, 0) is 65.2 Å². The van der Waals surface area contributed by atoms with Gasteiger partial charge in [0.15, 0.2) is 19.7 Å². The molecule has 2 heterocycles. The maximum absolute atomic E-state index is 14.1. The van der Waals surface area contributed by atoms with E-state index >= 15 is 0 Å². The van der Waals surface area contributed by atoms with E-state index in [4.69, 9.17) is 9.47 Å². The second-order valence-electron chi connectivity index (χ2n) is 20.5. The fraction of sp³-hybridized carbons (Fsp3) is 0.560. The number of sulfone groups is 2. The number of ether oxygens (including phenoxy) is 2. The average Bonchev–Trinajstić information content (AvgIpc) is 3.92. The van der Waals surface area contributed by atoms with Gasteiger partial charge in [-0.25, -0.2) is 16.8 Å². The van der Waals surface area contributed by atoms with E-state index in [2.05, 4.69) is 33.0 Å². The first-order valence-corrected chi connectivity index (χ1v) is 27.6. The maximum Gasteiger partial charge on any atom is 0.417 e. The Bertz CT molecular complexity index is 2920. The second-order valence-corrected chi connectivity index (χ2v) is 24.9. The predicted molar refractivity (Wildman–Crippen MR) is 251 cm³/mol. The summed E-state index contributed by atoms with van der Waals surface area (Å²) in [6.45, 7) is 0. The van der Waals surface area contributed by atoms with Crippen LogP contribution in [0.15, 0.2) is 71.0 Å². The third kappa shape index (κ3) is 11.0. The van der Waals surface area contributed by atoms with Crippen LogP contribution in [-0.4, -0.2) is 94.2 Å². The zero-order chi connectivity index (χ0) is 53.2. The van der Waals surface area contributed by atoms with Crippen LogP contribution in [0.4, 0.5) is 26.3 Å². The summed E-state index contributed by atoms with van der Waals surface area (Å²) in [5.41, 5.74) is -3.15. The standard InChI is InChI=1S/2C25H27F3N4O4S/c2*1-32-13-16(12-30-32)15-5-6-22(20(9-15)25(26,27)28)37(34,35)18-10-19(21(11-18)36-17-3-2-4-17)23(33)31-24(14-29)7-8-24/h2*5-6,9,12-13,17-19,21H,2-4,7-8,10-11H2,1H3,(H,31,33)/t2*18-,19-,21-/m11/s1. The van der Waals surface area contributed by atoms with Gasteiger partial charge in [-0.15, -0.1) is 0 Å². The molecule has 0 spiro atoms. The van der Waals surface area contributed by atoms with Crippen molar-refractivity contribution in [3.05, 3.63) is 72.3 Å². The van der Waals surface area contributed by atoms with Crippen LogP contribution in [0.2, 0.25) is 0 Å². The fourth-order valence-electron chi connectivity index (χ4n) is 10.1. The Hall–Kier alpha value is -5.82. The lowest BCUT2D eigenvalue weighted by atomic mass is 9.95. The van der Waals surface area contributed by atoms with E-state index in [9.17, 15) is 63.3 Å². The first-order valence-electron chi connectivity index (χ1n) is 24.5. The highest BCUT2D eigenvalue weighted by Crippen LogP contribution is 2.46. The molecule has 2 aromatic carbocycles. The Kier molecular flexibility index (Phi) is 14.1. The minimum absolute atomic E-state index is 0.0852. The van der Waals surface area contributed by atoms with Crippen LogP contribution in [0.1, 0.15) is 101 Å². The van der Waals surface area contributed by atoms with Gasteiger partial charge in [-0.1, -0.05) is 12.1 Å². The number of aromatic nitrogens is 4. The lowest BCUT2D eigenvalue weighted by molar-refractivity contribution is -0.140. The zero-order valence-corrected chi connectivity index (χ0v) is 42.0. The van der Waals surface area contributed by atoms with Crippen molar-refractivity contribution in [1.29, 1.82) is 10.5 Å². The zero-order valence-electron chi connectivity index (χ0n) is 40.3. The summed E-state index contributed by atoms with van der Waals surface area (Å²) >= 11 is 0. The lowest BCUT2D eigenvalue weighted by Gasteiger charge is -2.31. The summed E-state index contributed by atoms with van der Waals surface area (Å²) in [6, 6.07) is 10.5. The van der Waals surface area contributed by atoms with E-state index in [1.165, 1.54) is 33.9 Å². The number of amides is 2. The number of carbonyl (C=O) groups is 2. The molecule has 74 heavy (non-hydrogen) atoms. The van der Waals surface area contributed by atoms with Gasteiger partial charge in [0.1, 0.15) is 11.1 Å². The van der Waals surface area contributed by atoms with Gasteiger partial charge in [0.25, 0.3) is 0 Å². The molecule has 0 unspecified atom stereocenters. The number of hydrogen-bond acceptors (Lipinski definition) is 12. The topological polar surface area (TPSA) is 228 Å². The van der Waals surface area contributed by atoms with Gasteiger partial charge in [-0.2, -0.15) is 47.1 Å². The number of aryl methyl sites for hydroxylation is 2. The van der Waals surface area contributed by atoms with Gasteiger partial charge < -0.3 is 20.1 Å². The van der Waals surface area contributed by atoms with Gasteiger partial charge in [-0.05, 0) is 125 Å². The quantitative estimate of drug-likeness (QED) is 0.117. The van der Waals surface area contributed by atoms with Crippen LogP contribution in [0.5, 0.6) is 0 Å². The summed E-state index contributed by atoms with van der Waals surface area (Å²) in [4.78, 5) is 24.5. The van der Waals surface area contributed by atoms with Crippen molar-refractivity contribution < 1.29 is 62.2 Å². The molecule has 16 nitrogen and oxygen atoms in total. The van der Waals surface area contributed by atoms with Crippen molar-refractivity contribution in [2.45, 2.75) is 158 Å². The first-order chi connectivity index (χ1) is 34.8. The number of carbonyl (C=O) groups excluding carboxylic acids is 2. The van der Waals surface area contributed by atoms with Crippen LogP contribution in [0.25, 0.3) is 22.3 Å². The van der Waals surface area contributed by atoms with Gasteiger partial charge in [0.05, 0.1) is 92.2 Å². The number of nitrogens with zero attached hydrogens (tertiary/aromatic N) is 6. The van der Waals surface area contributed by atoms with Gasteiger partial charge in [0, 0.05) is 37.6 Å². The van der Waals surface area contributed by atoms with E-state index in [1.807, 2.05) is 0 Å². The molecule has 0 aliphatic heterocycles. The van der Waals surface area contributed by atoms with Gasteiger partial charge >= 0.3 is 12.4 Å². The highest BCUT2D eigenvalue weighted by Gasteiger charge is 2.54. The van der Waals surface area contributed by atoms with Crippen LogP contribution < -0.4 is 10.6 Å². The highest BCUT2D eigenvalue weighted by molar-refractivity contribution is 7.92. The summed E-state index contributed by atoms with van der Waals surface area (Å²) in [7, 11) is -5.68. The predicted octanol–water partition coefficient (Wildman–Crippen LogP) is 7.54. The number of rotatable bonds is 14. The maximum atomic E-state index is 14.1. The van der Waals surface area contributed by atoms with Crippen molar-refractivity contribution in [2.75, 3.05) is 0 Å². The molecule has 2 amide bonds. The average molecular weight is 1070 g/mol. The number of nitrogens with one attached hydrogen (secondary N) is 2. The Morgan fingerprint density at radius 3 is 1.26 bits per heavy atom. The summed E-state index contributed by atoms with van der Waals surface area (Å²) in [6.07, 6.45) is 0.983. The SMILES string of the molecule is Cn1cc(-c2ccc(S(=O)(=O)[C@H]3C[C@@H](OC4CCC4)[C@H](C(=O)NC4(C#N)CC4)C3)c(C(F)(F)F)c2)cn1.Cn1cc(-c2ccc(S(=O)(=O)[C@H]3C[C@@H](OC4CCC4)[C@H](C(=O)NC4(C#N)CC4)C3)c(C(F)(F)F)c2)cn1. The molecule has 10 rings (SSSR count). The summed E-state index contributed by atoms with van der Waals surface area (Å²) in [5, 5.41) is 29.6. The number of hydrogen-bond donors (Lipinski definition) is 2. The van der Waals surface area contributed by atoms with Crippen molar-refractivity contribution in [3.63, 3.8) is 0 Å². The van der Waals surface area contributed by atoms with Crippen LogP contribution in [0.3, 0.4) is 0 Å². The van der Waals surface area contributed by atoms with E-state index in [0.29, 0.717) is 36.8 Å². The molecule has 0 bridgehead atoms. The van der Waals surface area contributed by atoms with Gasteiger partial charge in [0.2, 0.25) is 11.8 Å². The van der Waals surface area contributed by atoms with E-state index in [-0.39, 0.29) is 49.0 Å². The highest BCUT2D eigenvalue weighted by atomic mass is 32.2. The van der Waals surface area contributed by atoms with Crippen molar-refractivity contribution in [3.8, 4) is 34.4 Å². The molecule has 4 aromatic rings. The fourth-order valence-corrected chi connectivity index (χ4v) is 14.1. The molecule has 6 fully saturated rings. The third-order valence-electron chi connectivity index (χ3n) is 15.2. The van der Waals surface area contributed by atoms with Crippen LogP contribution in [0, 0.1) is 34.5 Å². The molecule has 396 valence electrons. The summed E-state index contributed by atoms with van der Waals surface area (Å²) in [5.74, 6) is -2.70. The van der Waals surface area contributed by atoms with Crippen molar-refractivity contribution in [2.24, 2.45) is 25.9 Å².